The van der Waals surface area contributed by atoms with E-state index in [1.165, 1.54) is 0 Å². The van der Waals surface area contributed by atoms with Gasteiger partial charge in [0, 0.05) is 43.1 Å². The van der Waals surface area contributed by atoms with Gasteiger partial charge in [-0.3, -0.25) is 10.1 Å². The molecule has 0 spiro atoms. The summed E-state index contributed by atoms with van der Waals surface area (Å²) in [5, 5.41) is 10.6. The van der Waals surface area contributed by atoms with Crippen LogP contribution in [0.3, 0.4) is 0 Å². The Hall–Kier alpha value is -3.88. The highest BCUT2D eigenvalue weighted by Crippen LogP contribution is 2.28. The predicted octanol–water partition coefficient (Wildman–Crippen LogP) is 5.99. The largest absolute Gasteiger partial charge is 0.353 e. The van der Waals surface area contributed by atoms with Crippen molar-refractivity contribution in [3.8, 4) is 5.69 Å². The van der Waals surface area contributed by atoms with Crippen molar-refractivity contribution in [2.24, 2.45) is 5.41 Å². The second kappa shape index (κ2) is 11.7. The van der Waals surface area contributed by atoms with Crippen LogP contribution in [-0.4, -0.2) is 57.8 Å². The molecule has 3 heterocycles. The Morgan fingerprint density at radius 1 is 0.925 bits per heavy atom. The summed E-state index contributed by atoms with van der Waals surface area (Å²) >= 11 is 0. The summed E-state index contributed by atoms with van der Waals surface area (Å²) in [6, 6.07) is 13.3. The highest BCUT2D eigenvalue weighted by molar-refractivity contribution is 5.99. The van der Waals surface area contributed by atoms with E-state index in [4.69, 9.17) is 5.10 Å². The SMILES string of the molecule is CCCC(C)(C)C(=O)N1CCN(c2ccc(NC(=O)Nc3cc(C(C)(C)C)nn3-c3ccc(C)cc3)cn2)CC1. The zero-order valence-electron chi connectivity index (χ0n) is 24.9. The molecule has 1 aromatic carbocycles. The molecule has 0 aliphatic carbocycles. The monoisotopic (exact) mass is 545 g/mol. The van der Waals surface area contributed by atoms with Gasteiger partial charge in [-0.1, -0.05) is 65.7 Å². The lowest BCUT2D eigenvalue weighted by Crippen LogP contribution is -2.52. The van der Waals surface area contributed by atoms with Gasteiger partial charge in [-0.15, -0.1) is 0 Å². The molecule has 1 aliphatic heterocycles. The standard InChI is InChI=1S/C31H43N7O2/c1-8-15-31(6,7)28(39)37-18-16-36(17-19-37)26-14-11-23(21-32-26)33-29(40)34-27-20-25(30(3,4)5)35-38(27)24-12-9-22(2)10-13-24/h9-14,20-21H,8,15-19H2,1-7H3,(H2,33,34,40). The van der Waals surface area contributed by atoms with E-state index in [0.717, 1.165) is 48.7 Å². The molecule has 9 heteroatoms. The fraction of sp³-hybridized carbons (Fsp3) is 0.484. The lowest BCUT2D eigenvalue weighted by Gasteiger charge is -2.39. The number of anilines is 3. The average molecular weight is 546 g/mol. The molecule has 1 saturated heterocycles. The minimum absolute atomic E-state index is 0.174. The third kappa shape index (κ3) is 6.81. The molecule has 0 radical (unpaired) electrons. The number of aryl methyl sites for hydroxylation is 1. The third-order valence-corrected chi connectivity index (χ3v) is 7.35. The summed E-state index contributed by atoms with van der Waals surface area (Å²) in [5.41, 5.74) is 3.00. The van der Waals surface area contributed by atoms with Crippen molar-refractivity contribution < 1.29 is 9.59 Å². The van der Waals surface area contributed by atoms with E-state index < -0.39 is 0 Å². The molecule has 9 nitrogen and oxygen atoms in total. The molecule has 3 amide bonds. The minimum Gasteiger partial charge on any atom is -0.353 e. The van der Waals surface area contributed by atoms with Gasteiger partial charge >= 0.3 is 6.03 Å². The van der Waals surface area contributed by atoms with Gasteiger partial charge in [-0.05, 0) is 37.6 Å². The van der Waals surface area contributed by atoms with Crippen LogP contribution in [0.15, 0.2) is 48.7 Å². The van der Waals surface area contributed by atoms with Crippen LogP contribution in [-0.2, 0) is 10.2 Å². The van der Waals surface area contributed by atoms with Crippen LogP contribution < -0.4 is 15.5 Å². The van der Waals surface area contributed by atoms with Crippen LogP contribution in [0.5, 0.6) is 0 Å². The summed E-state index contributed by atoms with van der Waals surface area (Å²) in [6.45, 7) is 17.3. The number of carbonyl (C=O) groups excluding carboxylic acids is 2. The van der Waals surface area contributed by atoms with Crippen molar-refractivity contribution in [2.45, 2.75) is 66.7 Å². The van der Waals surface area contributed by atoms with Gasteiger partial charge in [-0.2, -0.15) is 5.10 Å². The van der Waals surface area contributed by atoms with E-state index in [0.29, 0.717) is 24.6 Å². The third-order valence-electron chi connectivity index (χ3n) is 7.35. The number of amides is 3. The first kappa shape index (κ1) is 29.1. The Kier molecular flexibility index (Phi) is 8.51. The Labute approximate surface area is 238 Å². The summed E-state index contributed by atoms with van der Waals surface area (Å²) in [4.78, 5) is 34.6. The molecule has 1 fully saturated rings. The molecule has 0 unspecified atom stereocenters. The van der Waals surface area contributed by atoms with Gasteiger partial charge in [0.2, 0.25) is 5.91 Å². The zero-order valence-corrected chi connectivity index (χ0v) is 24.9. The van der Waals surface area contributed by atoms with Crippen LogP contribution in [0, 0.1) is 12.3 Å². The molecule has 1 aliphatic rings. The Morgan fingerprint density at radius 2 is 1.60 bits per heavy atom. The molecule has 0 atom stereocenters. The Morgan fingerprint density at radius 3 is 2.17 bits per heavy atom. The normalized spacial score (nSPS) is 14.3. The first-order valence-corrected chi connectivity index (χ1v) is 14.1. The van der Waals surface area contributed by atoms with E-state index in [-0.39, 0.29) is 22.8 Å². The van der Waals surface area contributed by atoms with Gasteiger partial charge in [0.05, 0.1) is 23.3 Å². The average Bonchev–Trinajstić information content (AvgIpc) is 3.33. The molecular weight excluding hydrogens is 502 g/mol. The topological polar surface area (TPSA) is 95.4 Å². The van der Waals surface area contributed by atoms with Crippen LogP contribution >= 0.6 is 0 Å². The highest BCUT2D eigenvalue weighted by Gasteiger charge is 2.33. The van der Waals surface area contributed by atoms with E-state index >= 15 is 0 Å². The van der Waals surface area contributed by atoms with Crippen molar-refractivity contribution in [1.29, 1.82) is 0 Å². The number of nitrogens with one attached hydrogen (secondary N) is 2. The van der Waals surface area contributed by atoms with Crippen molar-refractivity contribution in [3.05, 3.63) is 59.9 Å². The first-order chi connectivity index (χ1) is 18.9. The molecule has 0 saturated carbocycles. The maximum Gasteiger partial charge on any atom is 0.324 e. The van der Waals surface area contributed by atoms with Crippen LogP contribution in [0.1, 0.15) is 65.6 Å². The number of aromatic nitrogens is 3. The van der Waals surface area contributed by atoms with Gasteiger partial charge in [-0.25, -0.2) is 14.5 Å². The highest BCUT2D eigenvalue weighted by atomic mass is 16.2. The van der Waals surface area contributed by atoms with E-state index in [1.807, 2.05) is 68.1 Å². The number of benzene rings is 1. The zero-order chi connectivity index (χ0) is 29.1. The van der Waals surface area contributed by atoms with Crippen LogP contribution in [0.4, 0.5) is 22.1 Å². The molecule has 40 heavy (non-hydrogen) atoms. The van der Waals surface area contributed by atoms with Gasteiger partial charge in [0.15, 0.2) is 0 Å². The summed E-state index contributed by atoms with van der Waals surface area (Å²) in [6.07, 6.45) is 3.55. The number of hydrogen-bond acceptors (Lipinski definition) is 5. The smallest absolute Gasteiger partial charge is 0.324 e. The first-order valence-electron chi connectivity index (χ1n) is 14.1. The number of urea groups is 1. The number of nitrogens with zero attached hydrogens (tertiary/aromatic N) is 5. The number of rotatable bonds is 7. The molecule has 0 bridgehead atoms. The van der Waals surface area contributed by atoms with Gasteiger partial charge in [0.25, 0.3) is 0 Å². The van der Waals surface area contributed by atoms with Crippen molar-refractivity contribution >= 4 is 29.3 Å². The van der Waals surface area contributed by atoms with E-state index in [9.17, 15) is 9.59 Å². The van der Waals surface area contributed by atoms with Gasteiger partial charge in [0.1, 0.15) is 11.6 Å². The number of piperazine rings is 1. The second-order valence-electron chi connectivity index (χ2n) is 12.3. The molecule has 2 aromatic heterocycles. The van der Waals surface area contributed by atoms with Crippen molar-refractivity contribution in [2.75, 3.05) is 41.7 Å². The quantitative estimate of drug-likeness (QED) is 0.380. The summed E-state index contributed by atoms with van der Waals surface area (Å²) in [7, 11) is 0. The summed E-state index contributed by atoms with van der Waals surface area (Å²) < 4.78 is 1.76. The van der Waals surface area contributed by atoms with Crippen LogP contribution in [0.2, 0.25) is 0 Å². The predicted molar refractivity (Wildman–Crippen MR) is 161 cm³/mol. The van der Waals surface area contributed by atoms with E-state index in [2.05, 4.69) is 48.2 Å². The number of pyridine rings is 1. The van der Waals surface area contributed by atoms with E-state index in [1.54, 1.807) is 10.9 Å². The lowest BCUT2D eigenvalue weighted by molar-refractivity contribution is -0.141. The Bertz CT molecular complexity index is 1310. The Balaban J connectivity index is 1.38. The molecule has 4 rings (SSSR count). The molecule has 3 aromatic rings. The maximum absolute atomic E-state index is 13.0. The van der Waals surface area contributed by atoms with Crippen LogP contribution in [0.25, 0.3) is 5.69 Å². The summed E-state index contributed by atoms with van der Waals surface area (Å²) in [5.74, 6) is 1.65. The fourth-order valence-electron chi connectivity index (χ4n) is 4.94. The minimum atomic E-state index is -0.370. The molecule has 2 N–H and O–H groups in total. The maximum atomic E-state index is 13.0. The van der Waals surface area contributed by atoms with Gasteiger partial charge < -0.3 is 15.1 Å². The number of carbonyl (C=O) groups is 2. The van der Waals surface area contributed by atoms with Crippen molar-refractivity contribution in [1.82, 2.24) is 19.7 Å². The van der Waals surface area contributed by atoms with Crippen molar-refractivity contribution in [3.63, 3.8) is 0 Å². The molecular formula is C31H43N7O2. The second-order valence-corrected chi connectivity index (χ2v) is 12.3. The molecule has 214 valence electrons. The lowest BCUT2D eigenvalue weighted by atomic mass is 9.86. The fourth-order valence-corrected chi connectivity index (χ4v) is 4.94. The number of hydrogen-bond donors (Lipinski definition) is 2.